The maximum atomic E-state index is 12.4. The van der Waals surface area contributed by atoms with Crippen molar-refractivity contribution in [2.75, 3.05) is 11.1 Å². The highest BCUT2D eigenvalue weighted by molar-refractivity contribution is 7.99. The topological polar surface area (TPSA) is 59.8 Å². The van der Waals surface area contributed by atoms with Gasteiger partial charge in [0.25, 0.3) is 0 Å². The molecule has 1 aliphatic carbocycles. The molecule has 1 amide bonds. The fraction of sp³-hybridized carbons (Fsp3) is 0.318. The Hall–Kier alpha value is -2.38. The lowest BCUT2D eigenvalue weighted by atomic mass is 9.95. The predicted octanol–water partition coefficient (Wildman–Crippen LogP) is 5.11. The lowest BCUT2D eigenvalue weighted by molar-refractivity contribution is -0.113. The van der Waals surface area contributed by atoms with Gasteiger partial charge in [-0.1, -0.05) is 36.0 Å². The van der Waals surface area contributed by atoms with Gasteiger partial charge < -0.3 is 5.32 Å². The number of aryl methyl sites for hydroxylation is 2. The van der Waals surface area contributed by atoms with E-state index in [1.54, 1.807) is 0 Å². The number of allylic oxidation sites excluding steroid dienone is 1. The third-order valence-corrected chi connectivity index (χ3v) is 7.14. The molecule has 0 saturated heterocycles. The van der Waals surface area contributed by atoms with Crippen LogP contribution >= 0.6 is 23.1 Å². The summed E-state index contributed by atoms with van der Waals surface area (Å²) >= 11 is 3.23. The van der Waals surface area contributed by atoms with E-state index in [4.69, 9.17) is 0 Å². The maximum absolute atomic E-state index is 12.4. The van der Waals surface area contributed by atoms with Crippen LogP contribution in [-0.4, -0.2) is 26.4 Å². The van der Waals surface area contributed by atoms with E-state index in [9.17, 15) is 4.79 Å². The van der Waals surface area contributed by atoms with E-state index in [0.717, 1.165) is 35.1 Å². The molecule has 0 aliphatic heterocycles. The lowest BCUT2D eigenvalue weighted by Crippen LogP contribution is -2.15. The van der Waals surface area contributed by atoms with Crippen molar-refractivity contribution in [2.45, 2.75) is 44.3 Å². The van der Waals surface area contributed by atoms with E-state index in [1.807, 2.05) is 48.6 Å². The first-order chi connectivity index (χ1) is 14.2. The quantitative estimate of drug-likeness (QED) is 0.423. The number of hydrogen-bond acceptors (Lipinski definition) is 5. The highest BCUT2D eigenvalue weighted by Crippen LogP contribution is 2.36. The van der Waals surface area contributed by atoms with E-state index in [-0.39, 0.29) is 11.7 Å². The second-order valence-electron chi connectivity index (χ2n) is 7.12. The monoisotopic (exact) mass is 424 g/mol. The summed E-state index contributed by atoms with van der Waals surface area (Å²) in [6.07, 6.45) is 6.62. The maximum Gasteiger partial charge on any atom is 0.234 e. The number of carbonyl (C=O) groups is 1. The minimum Gasteiger partial charge on any atom is -0.325 e. The summed E-state index contributed by atoms with van der Waals surface area (Å²) in [5.74, 6) is 1.11. The number of hydrogen-bond donors (Lipinski definition) is 1. The molecular formula is C22H24N4OS2. The van der Waals surface area contributed by atoms with Gasteiger partial charge in [0.2, 0.25) is 5.91 Å². The van der Waals surface area contributed by atoms with E-state index in [0.29, 0.717) is 6.54 Å². The molecule has 0 radical (unpaired) electrons. The molecule has 0 unspecified atom stereocenters. The van der Waals surface area contributed by atoms with E-state index in [2.05, 4.69) is 32.0 Å². The van der Waals surface area contributed by atoms with Crippen LogP contribution in [0.2, 0.25) is 0 Å². The van der Waals surface area contributed by atoms with Crippen molar-refractivity contribution in [3.05, 3.63) is 58.3 Å². The number of amides is 1. The standard InChI is InChI=1S/C22H24N4OS2/c1-3-12-26-21(17-13-28-19-11-7-5-9-16(17)19)24-25-22(26)29-14-20(27)23-18-10-6-4-8-15(18)2/h3-4,6,8,10,13H,1,5,7,9,11-12,14H2,2H3,(H,23,27). The smallest absolute Gasteiger partial charge is 0.234 e. The number of fused-ring (bicyclic) bond motifs is 1. The van der Waals surface area contributed by atoms with Crippen molar-refractivity contribution in [1.82, 2.24) is 14.8 Å². The van der Waals surface area contributed by atoms with Gasteiger partial charge in [-0.3, -0.25) is 9.36 Å². The molecule has 3 aromatic rings. The number of aromatic nitrogens is 3. The van der Waals surface area contributed by atoms with E-state index < -0.39 is 0 Å². The van der Waals surface area contributed by atoms with Crippen molar-refractivity contribution < 1.29 is 4.79 Å². The van der Waals surface area contributed by atoms with Gasteiger partial charge in [0.1, 0.15) is 0 Å². The van der Waals surface area contributed by atoms with Crippen LogP contribution in [0.5, 0.6) is 0 Å². The number of thiophene rings is 1. The van der Waals surface area contributed by atoms with Gasteiger partial charge in [-0.15, -0.1) is 28.1 Å². The van der Waals surface area contributed by atoms with Crippen LogP contribution in [0.15, 0.2) is 47.5 Å². The number of nitrogens with one attached hydrogen (secondary N) is 1. The van der Waals surface area contributed by atoms with Gasteiger partial charge in [-0.2, -0.15) is 0 Å². The SMILES string of the molecule is C=CCn1c(SCC(=O)Nc2ccccc2C)nnc1-c1csc2c1CCCC2. The number of benzene rings is 1. The molecule has 4 rings (SSSR count). The van der Waals surface area contributed by atoms with Crippen LogP contribution < -0.4 is 5.32 Å². The van der Waals surface area contributed by atoms with Crippen molar-refractivity contribution in [3.63, 3.8) is 0 Å². The number of anilines is 1. The molecule has 29 heavy (non-hydrogen) atoms. The van der Waals surface area contributed by atoms with Gasteiger partial charge in [-0.25, -0.2) is 0 Å². The molecule has 7 heteroatoms. The largest absolute Gasteiger partial charge is 0.325 e. The second kappa shape index (κ2) is 8.97. The minimum atomic E-state index is -0.0492. The van der Waals surface area contributed by atoms with Crippen LogP contribution in [0.1, 0.15) is 28.8 Å². The molecule has 1 aromatic carbocycles. The van der Waals surface area contributed by atoms with Gasteiger partial charge >= 0.3 is 0 Å². The fourth-order valence-corrected chi connectivity index (χ4v) is 5.47. The Kier molecular flexibility index (Phi) is 6.16. The first-order valence-corrected chi connectivity index (χ1v) is 11.7. The summed E-state index contributed by atoms with van der Waals surface area (Å²) in [5.41, 5.74) is 4.50. The van der Waals surface area contributed by atoms with Crippen LogP contribution in [0.3, 0.4) is 0 Å². The first kappa shape index (κ1) is 19.9. The van der Waals surface area contributed by atoms with Crippen molar-refractivity contribution >= 4 is 34.7 Å². The molecule has 0 saturated carbocycles. The normalized spacial score (nSPS) is 13.1. The van der Waals surface area contributed by atoms with Crippen molar-refractivity contribution in [3.8, 4) is 11.4 Å². The van der Waals surface area contributed by atoms with Crippen LogP contribution in [0, 0.1) is 6.92 Å². The molecule has 1 aliphatic rings. The van der Waals surface area contributed by atoms with Gasteiger partial charge in [-0.05, 0) is 49.8 Å². The summed E-state index contributed by atoms with van der Waals surface area (Å²) in [5, 5.41) is 14.8. The van der Waals surface area contributed by atoms with Crippen molar-refractivity contribution in [2.24, 2.45) is 0 Å². The number of para-hydroxylation sites is 1. The molecule has 150 valence electrons. The molecule has 5 nitrogen and oxygen atoms in total. The molecule has 1 N–H and O–H groups in total. The highest BCUT2D eigenvalue weighted by atomic mass is 32.2. The van der Waals surface area contributed by atoms with E-state index >= 15 is 0 Å². The summed E-state index contributed by atoms with van der Waals surface area (Å²) in [6, 6.07) is 7.78. The Bertz CT molecular complexity index is 1040. The Morgan fingerprint density at radius 3 is 2.97 bits per heavy atom. The molecule has 2 heterocycles. The van der Waals surface area contributed by atoms with Gasteiger partial charge in [0.15, 0.2) is 11.0 Å². The Balaban J connectivity index is 1.51. The molecule has 0 bridgehead atoms. The first-order valence-electron chi connectivity index (χ1n) is 9.79. The number of nitrogens with zero attached hydrogens (tertiary/aromatic N) is 3. The number of thioether (sulfide) groups is 1. The third-order valence-electron chi connectivity index (χ3n) is 5.08. The summed E-state index contributed by atoms with van der Waals surface area (Å²) in [7, 11) is 0. The second-order valence-corrected chi connectivity index (χ2v) is 9.02. The van der Waals surface area contributed by atoms with Crippen molar-refractivity contribution in [1.29, 1.82) is 0 Å². The van der Waals surface area contributed by atoms with Crippen LogP contribution in [-0.2, 0) is 24.2 Å². The average molecular weight is 425 g/mol. The highest BCUT2D eigenvalue weighted by Gasteiger charge is 2.22. The third kappa shape index (κ3) is 4.31. The minimum absolute atomic E-state index is 0.0492. The Morgan fingerprint density at radius 2 is 2.14 bits per heavy atom. The van der Waals surface area contributed by atoms with Crippen LogP contribution in [0.4, 0.5) is 5.69 Å². The zero-order valence-electron chi connectivity index (χ0n) is 16.5. The fourth-order valence-electron chi connectivity index (χ4n) is 3.60. The lowest BCUT2D eigenvalue weighted by Gasteiger charge is -2.13. The Morgan fingerprint density at radius 1 is 1.31 bits per heavy atom. The Labute approximate surface area is 179 Å². The zero-order chi connectivity index (χ0) is 20.2. The van der Waals surface area contributed by atoms with E-state index in [1.165, 1.54) is 40.6 Å². The number of rotatable bonds is 7. The van der Waals surface area contributed by atoms with Gasteiger partial charge in [0, 0.05) is 28.1 Å². The number of carbonyl (C=O) groups excluding carboxylic acids is 1. The predicted molar refractivity (Wildman–Crippen MR) is 121 cm³/mol. The van der Waals surface area contributed by atoms with Gasteiger partial charge in [0.05, 0.1) is 5.75 Å². The average Bonchev–Trinajstić information content (AvgIpc) is 3.32. The summed E-state index contributed by atoms with van der Waals surface area (Å²) in [6.45, 7) is 6.49. The molecule has 0 atom stereocenters. The zero-order valence-corrected chi connectivity index (χ0v) is 18.1. The molecule has 2 aromatic heterocycles. The summed E-state index contributed by atoms with van der Waals surface area (Å²) < 4.78 is 2.07. The summed E-state index contributed by atoms with van der Waals surface area (Å²) in [4.78, 5) is 13.9. The van der Waals surface area contributed by atoms with Crippen LogP contribution in [0.25, 0.3) is 11.4 Å². The molecule has 0 spiro atoms. The molecular weight excluding hydrogens is 400 g/mol. The molecule has 0 fully saturated rings.